The van der Waals surface area contributed by atoms with Gasteiger partial charge in [0.2, 0.25) is 5.91 Å². The van der Waals surface area contributed by atoms with Crippen molar-refractivity contribution in [2.75, 3.05) is 5.73 Å². The van der Waals surface area contributed by atoms with Gasteiger partial charge >= 0.3 is 12.2 Å². The fraction of sp³-hybridized carbons (Fsp3) is 0.406. The van der Waals surface area contributed by atoms with Crippen molar-refractivity contribution in [3.05, 3.63) is 181 Å². The van der Waals surface area contributed by atoms with Crippen LogP contribution in [0.5, 0.6) is 0 Å². The Labute approximate surface area is 653 Å². The molecule has 0 spiro atoms. The van der Waals surface area contributed by atoms with Crippen molar-refractivity contribution in [2.24, 2.45) is 0 Å². The molecule has 9 aromatic rings. The number of hydrogen-bond donors (Lipinski definition) is 5. The Balaban J connectivity index is 0.000000237. The van der Waals surface area contributed by atoms with Crippen molar-refractivity contribution in [3.63, 3.8) is 0 Å². The number of aliphatic carboxylic acids is 2. The van der Waals surface area contributed by atoms with E-state index in [1.807, 2.05) is 82.6 Å². The first-order valence-corrected chi connectivity index (χ1v) is 34.8. The van der Waals surface area contributed by atoms with E-state index in [9.17, 15) is 40.7 Å². The normalized spacial score (nSPS) is 16.0. The molecule has 0 saturated carbocycles. The second kappa shape index (κ2) is 40.0. The van der Waals surface area contributed by atoms with Gasteiger partial charge in [-0.15, -0.1) is 0 Å². The first-order chi connectivity index (χ1) is 50.1. The van der Waals surface area contributed by atoms with Crippen LogP contribution in [0.2, 0.25) is 10.0 Å². The number of ether oxygens (including phenoxy) is 2. The van der Waals surface area contributed by atoms with Crippen LogP contribution in [0.3, 0.4) is 0 Å². The summed E-state index contributed by atoms with van der Waals surface area (Å²) in [6.07, 6.45) is 15.6. The van der Waals surface area contributed by atoms with Crippen LogP contribution in [0.4, 0.5) is 41.6 Å². The maximum absolute atomic E-state index is 13.3. The number of rotatable bonds is 6. The number of benzene rings is 2. The van der Waals surface area contributed by atoms with Crippen LogP contribution in [-0.2, 0) is 99.7 Å². The Kier molecular flexibility index (Phi) is 33.0. The maximum Gasteiger partial charge on any atom is 0.410 e. The quantitative estimate of drug-likeness (QED) is 0.0339. The Bertz CT molecular complexity index is 4550. The van der Waals surface area contributed by atoms with Crippen LogP contribution in [0.1, 0.15) is 118 Å². The van der Waals surface area contributed by atoms with Crippen LogP contribution in [0.15, 0.2) is 110 Å². The molecule has 11 heterocycles. The third kappa shape index (κ3) is 26.4. The Morgan fingerprint density at radius 1 is 0.593 bits per heavy atom. The average Bonchev–Trinajstić information content (AvgIpc) is 1.57. The fourth-order valence-corrected chi connectivity index (χ4v) is 11.3. The molecule has 589 valence electrons. The molecule has 4 unspecified atom stereocenters. The van der Waals surface area contributed by atoms with Gasteiger partial charge in [-0.2, -0.15) is 35.7 Å². The molecule has 4 aliphatic rings. The smallest absolute Gasteiger partial charge is 0.410 e. The summed E-state index contributed by atoms with van der Waals surface area (Å²) in [6.45, 7) is 27.5. The summed E-state index contributed by atoms with van der Waals surface area (Å²) in [7, 11) is 0. The van der Waals surface area contributed by atoms with Crippen LogP contribution < -0.4 is 11.1 Å². The van der Waals surface area contributed by atoms with Crippen molar-refractivity contribution in [1.29, 1.82) is 5.41 Å². The monoisotopic (exact) mass is 1710 g/mol. The third-order valence-corrected chi connectivity index (χ3v) is 16.8. The SMILES string of the molecule is C/C=C(/F)C=N.CC(=O)O.CC(=O)O.CC1Cn2ncc(-n3cc(F)cn3)c2CN1.CC1Cn2ncc(-n3cc(F)cn3)c2CN1C(=O)Cc1ccc(F)c(Cl)c1.CC1Cn2ncc(-n3cc(F)cn3)c2CN1C(=O)OC(C)(C)C.CC1Cn2ncc(I)c2CN1C(=O)OC(C)(C)C.Nc1ccc(F)c(Cl)c1.[Cu]. The molecule has 39 heteroatoms. The van der Waals surface area contributed by atoms with Crippen molar-refractivity contribution < 1.29 is 87.1 Å². The summed E-state index contributed by atoms with van der Waals surface area (Å²) in [4.78, 5) is 60.5. The molecule has 1 radical (unpaired) electrons. The topological polar surface area (TPSA) is 341 Å². The van der Waals surface area contributed by atoms with Gasteiger partial charge in [-0.25, -0.2) is 50.0 Å². The molecule has 108 heavy (non-hydrogen) atoms. The predicted molar refractivity (Wildman–Crippen MR) is 393 cm³/mol. The molecular formula is C69H85Cl2CuF6IN20O9. The summed E-state index contributed by atoms with van der Waals surface area (Å²) in [5, 5.41) is 53.6. The number of halogens is 9. The standard InChI is InChI=1S/C18H16ClF2N5O.C15H20FN5O2.C12H18IN3O2.C10H12FN5.C6H5ClFN.C4H6FN.2C2H4O2.Cu/c1-11-8-25-17(16(7-23-25)26-9-13(20)6-22-26)10-24(11)18(27)5-12-2-3-15(21)14(19)4-12;1-10-7-20-13(9-19(10)14(22)23-15(2,3)4)12(6-18-20)21-8-11(16)5-17-21;1-8-6-16-10(9(13)5-14-16)7-15(8)11(17)18-12(2,3)4;1-7-5-15-9(3-12-7)10(4-14-15)16-6-8(11)2-13-16;7-5-3-4(9)1-2-6(5)8;1-2-4(5)3-6;2*1-2(3)4;/h2-4,6-7,9,11H,5,8,10H2,1H3;5-6,8,10H,7,9H2,1-4H3;5,8H,6-7H2,1-4H3;2,4,6-7,12H,3,5H2,1H3;1-3H,9H2;2-3,6H,1H3;2*1H3,(H,3,4);/b;;;;;4-2+,6-3?;;;. The van der Waals surface area contributed by atoms with Gasteiger partial charge in [0.05, 0.1) is 169 Å². The van der Waals surface area contributed by atoms with E-state index in [0.717, 1.165) is 77.9 Å². The first-order valence-electron chi connectivity index (χ1n) is 33.0. The minimum atomic E-state index is -0.833. The van der Waals surface area contributed by atoms with Crippen LogP contribution in [-0.4, -0.2) is 165 Å². The minimum absolute atomic E-state index is 0. The van der Waals surface area contributed by atoms with Gasteiger partial charge in [-0.1, -0.05) is 35.3 Å². The van der Waals surface area contributed by atoms with Gasteiger partial charge in [0, 0.05) is 55.2 Å². The summed E-state index contributed by atoms with van der Waals surface area (Å²) in [5.41, 5.74) is 11.2. The molecule has 13 rings (SSSR count). The first kappa shape index (κ1) is 89.1. The number of carboxylic acid groups (broad SMARTS) is 2. The Hall–Kier alpha value is -9.56. The van der Waals surface area contributed by atoms with E-state index >= 15 is 0 Å². The number of nitrogens with one attached hydrogen (secondary N) is 2. The number of hydrogen-bond acceptors (Lipinski definition) is 17. The molecule has 7 aromatic heterocycles. The van der Waals surface area contributed by atoms with Crippen molar-refractivity contribution >= 4 is 87.7 Å². The van der Waals surface area contributed by atoms with Crippen molar-refractivity contribution in [3.8, 4) is 17.1 Å². The summed E-state index contributed by atoms with van der Waals surface area (Å²) in [6, 6.07) is 8.74. The second-order valence-corrected chi connectivity index (χ2v) is 28.4. The van der Waals surface area contributed by atoms with Crippen molar-refractivity contribution in [1.82, 2.24) is 88.5 Å². The molecule has 4 aliphatic heterocycles. The van der Waals surface area contributed by atoms with E-state index in [-0.39, 0.29) is 75.6 Å². The number of nitrogens with two attached hydrogens (primary N) is 1. The summed E-state index contributed by atoms with van der Waals surface area (Å²) >= 11 is 13.4. The van der Waals surface area contributed by atoms with Gasteiger partial charge in [0.25, 0.3) is 11.9 Å². The number of carbonyl (C=O) groups is 5. The molecule has 2 aromatic carbocycles. The molecule has 3 amide bonds. The number of nitrogen functional groups attached to an aromatic ring is 1. The average molecular weight is 1710 g/mol. The van der Waals surface area contributed by atoms with Crippen LogP contribution in [0.25, 0.3) is 17.1 Å². The van der Waals surface area contributed by atoms with Gasteiger partial charge in [-0.05, 0) is 135 Å². The molecule has 4 atom stereocenters. The number of aromatic nitrogens is 14. The number of allylic oxidation sites excluding steroid dienone is 2. The van der Waals surface area contributed by atoms with E-state index in [1.165, 1.54) is 75.2 Å². The molecule has 6 N–H and O–H groups in total. The third-order valence-electron chi connectivity index (χ3n) is 15.3. The zero-order valence-electron chi connectivity index (χ0n) is 61.2. The van der Waals surface area contributed by atoms with Gasteiger partial charge in [0.15, 0.2) is 17.5 Å². The fourth-order valence-electron chi connectivity index (χ4n) is 10.3. The van der Waals surface area contributed by atoms with E-state index in [4.69, 9.17) is 63.6 Å². The number of carbonyl (C=O) groups excluding carboxylic acids is 3. The van der Waals surface area contributed by atoms with Gasteiger partial charge < -0.3 is 41.0 Å². The Morgan fingerprint density at radius 3 is 1.33 bits per heavy atom. The number of amides is 3. The predicted octanol–water partition coefficient (Wildman–Crippen LogP) is 12.4. The minimum Gasteiger partial charge on any atom is -0.481 e. The molecule has 0 fully saturated rings. The zero-order valence-corrected chi connectivity index (χ0v) is 65.8. The zero-order chi connectivity index (χ0) is 79.5. The van der Waals surface area contributed by atoms with E-state index in [2.05, 4.69) is 70.5 Å². The molecular weight excluding hydrogens is 1630 g/mol. The Morgan fingerprint density at radius 2 is 0.963 bits per heavy atom. The van der Waals surface area contributed by atoms with E-state index < -0.39 is 52.2 Å². The van der Waals surface area contributed by atoms with Crippen LogP contribution in [0, 0.1) is 38.1 Å². The summed E-state index contributed by atoms with van der Waals surface area (Å²) in [5.74, 6) is -4.41. The van der Waals surface area contributed by atoms with E-state index in [0.29, 0.717) is 67.6 Å². The molecule has 0 bridgehead atoms. The van der Waals surface area contributed by atoms with E-state index in [1.54, 1.807) is 51.0 Å². The summed E-state index contributed by atoms with van der Waals surface area (Å²) < 4.78 is 100. The van der Waals surface area contributed by atoms with Crippen LogP contribution >= 0.6 is 45.8 Å². The van der Waals surface area contributed by atoms with Crippen molar-refractivity contribution in [2.45, 2.75) is 184 Å². The number of fused-ring (bicyclic) bond motifs is 4. The number of anilines is 1. The molecule has 29 nitrogen and oxygen atoms in total. The number of nitrogens with zero attached hydrogens (tertiary/aromatic N) is 17. The molecule has 0 aliphatic carbocycles. The maximum atomic E-state index is 13.3. The molecule has 0 saturated heterocycles. The van der Waals surface area contributed by atoms with Gasteiger partial charge in [-0.3, -0.25) is 42.9 Å². The van der Waals surface area contributed by atoms with Gasteiger partial charge in [0.1, 0.15) is 45.7 Å². The number of carboxylic acids is 2. The largest absolute Gasteiger partial charge is 0.481 e. The second-order valence-electron chi connectivity index (χ2n) is 26.4.